The molecule has 2 saturated heterocycles. The predicted molar refractivity (Wildman–Crippen MR) is 104 cm³/mol. The zero-order chi connectivity index (χ0) is 19.4. The van der Waals surface area contributed by atoms with Crippen molar-refractivity contribution in [3.63, 3.8) is 0 Å². The van der Waals surface area contributed by atoms with Gasteiger partial charge in [-0.3, -0.25) is 9.08 Å². The first-order chi connectivity index (χ1) is 12.8. The van der Waals surface area contributed by atoms with Gasteiger partial charge in [0.2, 0.25) is 0 Å². The molecule has 2 fully saturated rings. The number of thioether (sulfide) groups is 1. The van der Waals surface area contributed by atoms with Crippen LogP contribution in [0.1, 0.15) is 12.8 Å². The Hall–Kier alpha value is -1.52. The Morgan fingerprint density at radius 2 is 2.00 bits per heavy atom. The molecular weight excluding hydrogens is 395 g/mol. The summed E-state index contributed by atoms with van der Waals surface area (Å²) in [5.41, 5.74) is 0.917. The van der Waals surface area contributed by atoms with Gasteiger partial charge >= 0.3 is 6.09 Å². The third-order valence-corrected chi connectivity index (χ3v) is 6.08. The molecule has 2 aliphatic rings. The number of cyclic esters (lactones) is 1. The number of hydrogen-bond acceptors (Lipinski definition) is 7. The molecule has 1 atom stereocenters. The summed E-state index contributed by atoms with van der Waals surface area (Å²) in [5.74, 6) is 1.77. The fourth-order valence-electron chi connectivity index (χ4n) is 3.11. The lowest BCUT2D eigenvalue weighted by Crippen LogP contribution is -2.29. The number of nitrogens with zero attached hydrogens (tertiary/aromatic N) is 2. The molecule has 0 aromatic heterocycles. The van der Waals surface area contributed by atoms with Crippen LogP contribution in [0.2, 0.25) is 0 Å². The van der Waals surface area contributed by atoms with Crippen molar-refractivity contribution in [2.45, 2.75) is 18.9 Å². The molecule has 0 radical (unpaired) electrons. The van der Waals surface area contributed by atoms with Crippen LogP contribution in [0.15, 0.2) is 18.2 Å². The molecule has 0 spiro atoms. The first-order valence-electron chi connectivity index (χ1n) is 8.78. The van der Waals surface area contributed by atoms with E-state index < -0.39 is 22.3 Å². The monoisotopic (exact) mass is 418 g/mol. The summed E-state index contributed by atoms with van der Waals surface area (Å²) in [6.45, 7) is 1.46. The van der Waals surface area contributed by atoms with E-state index >= 15 is 0 Å². The second kappa shape index (κ2) is 8.66. The third kappa shape index (κ3) is 5.49. The Morgan fingerprint density at radius 3 is 2.63 bits per heavy atom. The number of amides is 1. The number of anilines is 2. The highest BCUT2D eigenvalue weighted by molar-refractivity contribution is 7.99. The van der Waals surface area contributed by atoms with E-state index in [9.17, 15) is 17.6 Å². The van der Waals surface area contributed by atoms with Crippen LogP contribution in [0.4, 0.5) is 20.6 Å². The molecule has 0 unspecified atom stereocenters. The first kappa shape index (κ1) is 20.2. The van der Waals surface area contributed by atoms with Crippen molar-refractivity contribution in [1.29, 1.82) is 0 Å². The van der Waals surface area contributed by atoms with E-state index in [1.54, 1.807) is 12.1 Å². The van der Waals surface area contributed by atoms with Crippen LogP contribution >= 0.6 is 11.8 Å². The van der Waals surface area contributed by atoms with E-state index in [0.717, 1.165) is 43.7 Å². The molecule has 0 N–H and O–H groups in total. The quantitative estimate of drug-likeness (QED) is 0.680. The smallest absolute Gasteiger partial charge is 0.414 e. The SMILES string of the molecule is CS(=O)(=O)OC[C@H]1CN(c2ccc(N3CCCSCCC3)c(F)c2)C(=O)O1. The van der Waals surface area contributed by atoms with Crippen LogP contribution in [0.3, 0.4) is 0 Å². The maximum Gasteiger partial charge on any atom is 0.414 e. The maximum atomic E-state index is 14.7. The number of rotatable bonds is 5. The highest BCUT2D eigenvalue weighted by atomic mass is 32.2. The Morgan fingerprint density at radius 1 is 1.30 bits per heavy atom. The second-order valence-corrected chi connectivity index (χ2v) is 9.42. The highest BCUT2D eigenvalue weighted by Crippen LogP contribution is 2.29. The number of hydrogen-bond donors (Lipinski definition) is 0. The number of benzene rings is 1. The fourth-order valence-corrected chi connectivity index (χ4v) is 4.38. The van der Waals surface area contributed by atoms with Crippen LogP contribution in [0.25, 0.3) is 0 Å². The number of halogens is 1. The van der Waals surface area contributed by atoms with E-state index in [-0.39, 0.29) is 19.0 Å². The van der Waals surface area contributed by atoms with E-state index in [1.807, 2.05) is 16.7 Å². The highest BCUT2D eigenvalue weighted by Gasteiger charge is 2.33. The van der Waals surface area contributed by atoms with Crippen LogP contribution in [0.5, 0.6) is 0 Å². The van der Waals surface area contributed by atoms with Crippen molar-refractivity contribution in [3.8, 4) is 0 Å². The number of carbonyl (C=O) groups excluding carboxylic acids is 1. The van der Waals surface area contributed by atoms with Gasteiger partial charge in [-0.25, -0.2) is 9.18 Å². The Balaban J connectivity index is 1.68. The summed E-state index contributed by atoms with van der Waals surface area (Å²) in [6.07, 6.45) is 1.58. The van der Waals surface area contributed by atoms with Gasteiger partial charge in [-0.05, 0) is 42.5 Å². The molecule has 1 aromatic carbocycles. The topological polar surface area (TPSA) is 76.2 Å². The fraction of sp³-hybridized carbons (Fsp3) is 0.588. The summed E-state index contributed by atoms with van der Waals surface area (Å²) >= 11 is 1.93. The standard InChI is InChI=1S/C17H23FN2O5S2/c1-27(22,23)24-12-14-11-20(17(21)25-14)13-4-5-16(15(18)10-13)19-6-2-8-26-9-3-7-19/h4-5,10,14H,2-3,6-9,11-12H2,1H3/t14-/m1/s1. The molecular formula is C17H23FN2O5S2. The number of ether oxygens (including phenoxy) is 1. The van der Waals surface area contributed by atoms with Crippen LogP contribution in [0, 0.1) is 5.82 Å². The van der Waals surface area contributed by atoms with Gasteiger partial charge in [0.05, 0.1) is 24.2 Å². The largest absolute Gasteiger partial charge is 0.441 e. The molecule has 0 aliphatic carbocycles. The summed E-state index contributed by atoms with van der Waals surface area (Å²) in [7, 11) is -3.62. The van der Waals surface area contributed by atoms with Crippen LogP contribution in [-0.2, 0) is 19.0 Å². The predicted octanol–water partition coefficient (Wildman–Crippen LogP) is 2.46. The van der Waals surface area contributed by atoms with Crippen molar-refractivity contribution in [2.75, 3.05) is 53.8 Å². The molecule has 2 heterocycles. The van der Waals surface area contributed by atoms with Gasteiger partial charge in [-0.2, -0.15) is 20.2 Å². The minimum atomic E-state index is -3.62. The molecule has 2 aliphatic heterocycles. The summed E-state index contributed by atoms with van der Waals surface area (Å²) in [4.78, 5) is 15.4. The molecule has 7 nitrogen and oxygen atoms in total. The van der Waals surface area contributed by atoms with Crippen molar-refractivity contribution in [3.05, 3.63) is 24.0 Å². The Labute approximate surface area is 162 Å². The lowest BCUT2D eigenvalue weighted by Gasteiger charge is -2.27. The lowest BCUT2D eigenvalue weighted by molar-refractivity contribution is 0.107. The van der Waals surface area contributed by atoms with Gasteiger partial charge in [0.25, 0.3) is 10.1 Å². The normalized spacial score (nSPS) is 21.7. The summed E-state index contributed by atoms with van der Waals surface area (Å²) < 4.78 is 46.6. The van der Waals surface area contributed by atoms with Crippen molar-refractivity contribution in [2.24, 2.45) is 0 Å². The molecule has 0 saturated carbocycles. The van der Waals surface area contributed by atoms with E-state index in [1.165, 1.54) is 11.0 Å². The zero-order valence-electron chi connectivity index (χ0n) is 15.1. The summed E-state index contributed by atoms with van der Waals surface area (Å²) in [5, 5.41) is 0. The Bertz CT molecular complexity index is 782. The molecule has 150 valence electrons. The molecule has 10 heteroatoms. The average Bonchev–Trinajstić information content (AvgIpc) is 2.94. The minimum absolute atomic E-state index is 0.105. The number of carbonyl (C=O) groups is 1. The third-order valence-electron chi connectivity index (χ3n) is 4.36. The molecule has 1 amide bonds. The zero-order valence-corrected chi connectivity index (χ0v) is 16.7. The lowest BCUT2D eigenvalue weighted by atomic mass is 10.2. The van der Waals surface area contributed by atoms with Gasteiger partial charge < -0.3 is 9.64 Å². The molecule has 3 rings (SSSR count). The van der Waals surface area contributed by atoms with Gasteiger partial charge in [0.1, 0.15) is 18.5 Å². The van der Waals surface area contributed by atoms with Gasteiger partial charge in [0.15, 0.2) is 0 Å². The maximum absolute atomic E-state index is 14.7. The van der Waals surface area contributed by atoms with Gasteiger partial charge in [-0.15, -0.1) is 0 Å². The van der Waals surface area contributed by atoms with Crippen molar-refractivity contribution < 1.29 is 26.5 Å². The molecule has 0 bridgehead atoms. The van der Waals surface area contributed by atoms with E-state index in [0.29, 0.717) is 11.4 Å². The average molecular weight is 419 g/mol. The minimum Gasteiger partial charge on any atom is -0.441 e. The second-order valence-electron chi connectivity index (χ2n) is 6.55. The van der Waals surface area contributed by atoms with Crippen LogP contribution < -0.4 is 9.80 Å². The Kier molecular flexibility index (Phi) is 6.48. The van der Waals surface area contributed by atoms with Crippen LogP contribution in [-0.4, -0.2) is 64.6 Å². The molecule has 27 heavy (non-hydrogen) atoms. The van der Waals surface area contributed by atoms with E-state index in [2.05, 4.69) is 4.18 Å². The molecule has 1 aromatic rings. The van der Waals surface area contributed by atoms with Gasteiger partial charge in [0, 0.05) is 13.1 Å². The van der Waals surface area contributed by atoms with E-state index in [4.69, 9.17) is 4.74 Å². The van der Waals surface area contributed by atoms with Gasteiger partial charge in [-0.1, -0.05) is 0 Å². The first-order valence-corrected chi connectivity index (χ1v) is 11.8. The van der Waals surface area contributed by atoms with Crippen molar-refractivity contribution in [1.82, 2.24) is 0 Å². The summed E-state index contributed by atoms with van der Waals surface area (Å²) in [6, 6.07) is 4.70. The van der Waals surface area contributed by atoms with Crippen molar-refractivity contribution >= 4 is 39.3 Å².